The van der Waals surface area contributed by atoms with Crippen LogP contribution in [0.2, 0.25) is 0 Å². The van der Waals surface area contributed by atoms with Crippen molar-refractivity contribution >= 4 is 15.7 Å². The normalized spacial score (nSPS) is 15.4. The number of hydrogen-bond donors (Lipinski definition) is 1. The summed E-state index contributed by atoms with van der Waals surface area (Å²) >= 11 is 0. The number of furan rings is 1. The first-order chi connectivity index (χ1) is 11.5. The molecule has 24 heavy (non-hydrogen) atoms. The van der Waals surface area contributed by atoms with Crippen LogP contribution in [0.1, 0.15) is 25.3 Å². The van der Waals surface area contributed by atoms with Crippen LogP contribution in [0.15, 0.2) is 46.3 Å². The molecule has 1 N–H and O–H groups in total. The van der Waals surface area contributed by atoms with Crippen LogP contribution in [0, 0.1) is 0 Å². The zero-order valence-electron chi connectivity index (χ0n) is 13.1. The Bertz CT molecular complexity index is 951. The SMILES string of the molecule is Cn1cc(NS(=O)(=O)c2cnn(C3CCC3)c2)c(-c2ccco2)n1. The average molecular weight is 347 g/mol. The Kier molecular flexibility index (Phi) is 3.45. The van der Waals surface area contributed by atoms with E-state index in [0.29, 0.717) is 23.2 Å². The molecular weight excluding hydrogens is 330 g/mol. The van der Waals surface area contributed by atoms with E-state index in [0.717, 1.165) is 19.3 Å². The lowest BCUT2D eigenvalue weighted by Gasteiger charge is -2.25. The molecule has 1 saturated carbocycles. The van der Waals surface area contributed by atoms with Crippen LogP contribution in [0.25, 0.3) is 11.5 Å². The second-order valence-electron chi connectivity index (χ2n) is 5.89. The van der Waals surface area contributed by atoms with E-state index in [1.54, 1.807) is 36.3 Å². The van der Waals surface area contributed by atoms with Gasteiger partial charge in [0.2, 0.25) is 0 Å². The minimum atomic E-state index is -3.74. The highest BCUT2D eigenvalue weighted by atomic mass is 32.2. The van der Waals surface area contributed by atoms with Gasteiger partial charge in [-0.05, 0) is 31.4 Å². The molecule has 0 aliphatic heterocycles. The van der Waals surface area contributed by atoms with Gasteiger partial charge in [-0.1, -0.05) is 0 Å². The smallest absolute Gasteiger partial charge is 0.265 e. The molecule has 1 fully saturated rings. The van der Waals surface area contributed by atoms with Crippen molar-refractivity contribution in [2.75, 3.05) is 4.72 Å². The fourth-order valence-electron chi connectivity index (χ4n) is 2.67. The number of rotatable bonds is 5. The predicted molar refractivity (Wildman–Crippen MR) is 86.8 cm³/mol. The number of hydrogen-bond acceptors (Lipinski definition) is 5. The number of aryl methyl sites for hydroxylation is 1. The summed E-state index contributed by atoms with van der Waals surface area (Å²) in [5, 5.41) is 8.44. The van der Waals surface area contributed by atoms with Gasteiger partial charge in [0, 0.05) is 19.4 Å². The molecule has 8 nitrogen and oxygen atoms in total. The molecule has 126 valence electrons. The second kappa shape index (κ2) is 5.52. The minimum absolute atomic E-state index is 0.142. The van der Waals surface area contributed by atoms with Gasteiger partial charge in [0.25, 0.3) is 10.0 Å². The van der Waals surface area contributed by atoms with Gasteiger partial charge in [-0.2, -0.15) is 10.2 Å². The monoisotopic (exact) mass is 347 g/mol. The van der Waals surface area contributed by atoms with Gasteiger partial charge in [-0.15, -0.1) is 0 Å². The van der Waals surface area contributed by atoms with Crippen LogP contribution in [0.4, 0.5) is 5.69 Å². The van der Waals surface area contributed by atoms with Crippen molar-refractivity contribution in [1.29, 1.82) is 0 Å². The van der Waals surface area contributed by atoms with Gasteiger partial charge in [-0.3, -0.25) is 14.1 Å². The molecule has 0 atom stereocenters. The van der Waals surface area contributed by atoms with E-state index >= 15 is 0 Å². The van der Waals surface area contributed by atoms with E-state index in [-0.39, 0.29) is 4.90 Å². The van der Waals surface area contributed by atoms with Crippen molar-refractivity contribution < 1.29 is 12.8 Å². The summed E-state index contributed by atoms with van der Waals surface area (Å²) in [6.07, 6.45) is 9.32. The highest BCUT2D eigenvalue weighted by Crippen LogP contribution is 2.32. The summed E-state index contributed by atoms with van der Waals surface area (Å²) in [5.74, 6) is 0.499. The van der Waals surface area contributed by atoms with Gasteiger partial charge in [0.05, 0.1) is 24.2 Å². The zero-order valence-corrected chi connectivity index (χ0v) is 13.9. The van der Waals surface area contributed by atoms with Crippen LogP contribution >= 0.6 is 0 Å². The maximum atomic E-state index is 12.6. The third kappa shape index (κ3) is 2.60. The molecular formula is C15H17N5O3S. The first-order valence-electron chi connectivity index (χ1n) is 7.67. The van der Waals surface area contributed by atoms with E-state index in [1.165, 1.54) is 17.1 Å². The third-order valence-corrected chi connectivity index (χ3v) is 5.48. The molecule has 3 aromatic rings. The molecule has 1 aliphatic rings. The summed E-state index contributed by atoms with van der Waals surface area (Å²) in [4.78, 5) is 0.142. The van der Waals surface area contributed by atoms with E-state index in [2.05, 4.69) is 14.9 Å². The summed E-state index contributed by atoms with van der Waals surface area (Å²) < 4.78 is 36.5. The quantitative estimate of drug-likeness (QED) is 0.765. The Morgan fingerprint density at radius 2 is 2.17 bits per heavy atom. The highest BCUT2D eigenvalue weighted by Gasteiger charge is 2.25. The largest absolute Gasteiger partial charge is 0.463 e. The van der Waals surface area contributed by atoms with E-state index in [9.17, 15) is 8.42 Å². The van der Waals surface area contributed by atoms with E-state index in [4.69, 9.17) is 4.42 Å². The summed E-state index contributed by atoms with van der Waals surface area (Å²) in [5.41, 5.74) is 0.807. The van der Waals surface area contributed by atoms with Crippen molar-refractivity contribution in [3.63, 3.8) is 0 Å². The molecule has 0 saturated heterocycles. The maximum absolute atomic E-state index is 12.6. The van der Waals surface area contributed by atoms with E-state index in [1.807, 2.05) is 0 Å². The minimum Gasteiger partial charge on any atom is -0.463 e. The van der Waals surface area contributed by atoms with Gasteiger partial charge in [-0.25, -0.2) is 8.42 Å². The Hall–Kier alpha value is -2.55. The van der Waals surface area contributed by atoms with Crippen molar-refractivity contribution in [3.8, 4) is 11.5 Å². The third-order valence-electron chi connectivity index (χ3n) is 4.16. The number of sulfonamides is 1. The molecule has 0 amide bonds. The second-order valence-corrected chi connectivity index (χ2v) is 7.57. The lowest BCUT2D eigenvalue weighted by molar-refractivity contribution is 0.289. The van der Waals surface area contributed by atoms with Crippen molar-refractivity contribution in [2.24, 2.45) is 7.05 Å². The highest BCUT2D eigenvalue weighted by molar-refractivity contribution is 7.92. The van der Waals surface area contributed by atoms with Crippen LogP contribution in [0.5, 0.6) is 0 Å². The fourth-order valence-corrected chi connectivity index (χ4v) is 3.66. The van der Waals surface area contributed by atoms with Crippen LogP contribution < -0.4 is 4.72 Å². The average Bonchev–Trinajstić information content (AvgIpc) is 3.17. The lowest BCUT2D eigenvalue weighted by Crippen LogP contribution is -2.17. The van der Waals surface area contributed by atoms with Crippen molar-refractivity contribution in [3.05, 3.63) is 37.0 Å². The Balaban J connectivity index is 1.63. The molecule has 3 aromatic heterocycles. The zero-order chi connectivity index (χ0) is 16.7. The maximum Gasteiger partial charge on any atom is 0.265 e. The molecule has 0 unspecified atom stereocenters. The molecule has 0 radical (unpaired) electrons. The summed E-state index contributed by atoms with van der Waals surface area (Å²) in [6.45, 7) is 0. The standard InChI is InChI=1S/C15H17N5O3S/c1-19-10-13(15(17-19)14-6-3-7-23-14)18-24(21,22)12-8-16-20(9-12)11-4-2-5-11/h3,6-11,18H,2,4-5H2,1H3. The van der Waals surface area contributed by atoms with Crippen LogP contribution in [-0.4, -0.2) is 28.0 Å². The first-order valence-corrected chi connectivity index (χ1v) is 9.16. The summed E-state index contributed by atoms with van der Waals surface area (Å²) in [6, 6.07) is 3.77. The first kappa shape index (κ1) is 15.0. The molecule has 4 rings (SSSR count). The molecule has 0 spiro atoms. The summed E-state index contributed by atoms with van der Waals surface area (Å²) in [7, 11) is -2.02. The Morgan fingerprint density at radius 3 is 2.83 bits per heavy atom. The molecule has 3 heterocycles. The van der Waals surface area contributed by atoms with Crippen LogP contribution in [0.3, 0.4) is 0 Å². The number of anilines is 1. The predicted octanol–water partition coefficient (Wildman–Crippen LogP) is 2.40. The van der Waals surface area contributed by atoms with Crippen LogP contribution in [-0.2, 0) is 17.1 Å². The van der Waals surface area contributed by atoms with E-state index < -0.39 is 10.0 Å². The molecule has 1 aliphatic carbocycles. The number of nitrogens with one attached hydrogen (secondary N) is 1. The van der Waals surface area contributed by atoms with Gasteiger partial charge in [0.1, 0.15) is 4.90 Å². The Morgan fingerprint density at radius 1 is 1.33 bits per heavy atom. The lowest BCUT2D eigenvalue weighted by atomic mass is 9.93. The number of aromatic nitrogens is 4. The fraction of sp³-hybridized carbons (Fsp3) is 0.333. The van der Waals surface area contributed by atoms with Gasteiger partial charge >= 0.3 is 0 Å². The Labute approximate surface area is 139 Å². The van der Waals surface area contributed by atoms with Crippen molar-refractivity contribution in [1.82, 2.24) is 19.6 Å². The number of nitrogens with zero attached hydrogens (tertiary/aromatic N) is 4. The molecule has 0 aromatic carbocycles. The van der Waals surface area contributed by atoms with Gasteiger partial charge in [0.15, 0.2) is 11.5 Å². The molecule has 9 heteroatoms. The molecule has 0 bridgehead atoms. The van der Waals surface area contributed by atoms with Crippen molar-refractivity contribution in [2.45, 2.75) is 30.2 Å². The topological polar surface area (TPSA) is 95.0 Å². The van der Waals surface area contributed by atoms with Gasteiger partial charge < -0.3 is 4.42 Å².